The second kappa shape index (κ2) is 5.60. The first kappa shape index (κ1) is 12.5. The predicted molar refractivity (Wildman–Crippen MR) is 75.6 cm³/mol. The molecule has 0 atom stereocenters. The predicted octanol–water partition coefficient (Wildman–Crippen LogP) is 2.60. The van der Waals surface area contributed by atoms with Gasteiger partial charge in [-0.15, -0.1) is 0 Å². The molecule has 3 nitrogen and oxygen atoms in total. The molecule has 1 heterocycles. The number of pyridine rings is 1. The summed E-state index contributed by atoms with van der Waals surface area (Å²) in [4.78, 5) is 4.38. The number of aryl methyl sites for hydroxylation is 1. The van der Waals surface area contributed by atoms with E-state index in [-0.39, 0.29) is 0 Å². The minimum atomic E-state index is 0.298. The summed E-state index contributed by atoms with van der Waals surface area (Å²) in [5.41, 5.74) is 8.36. The topological polar surface area (TPSA) is 48.1 Å². The van der Waals surface area contributed by atoms with Crippen LogP contribution < -0.4 is 10.5 Å². The summed E-state index contributed by atoms with van der Waals surface area (Å²) in [6, 6.07) is 11.7. The fourth-order valence-corrected chi connectivity index (χ4v) is 1.61. The molecular formula is C14H14N2OS. The number of aromatic nitrogens is 1. The number of nitrogens with zero attached hydrogens (tertiary/aromatic N) is 1. The maximum atomic E-state index is 5.67. The summed E-state index contributed by atoms with van der Waals surface area (Å²) in [7, 11) is 0. The Kier molecular flexibility index (Phi) is 3.89. The van der Waals surface area contributed by atoms with Crippen LogP contribution in [0.3, 0.4) is 0 Å². The van der Waals surface area contributed by atoms with E-state index in [1.807, 2.05) is 43.3 Å². The van der Waals surface area contributed by atoms with Crippen molar-refractivity contribution in [1.82, 2.24) is 4.98 Å². The van der Waals surface area contributed by atoms with Crippen LogP contribution in [0.1, 0.15) is 16.8 Å². The van der Waals surface area contributed by atoms with Gasteiger partial charge >= 0.3 is 0 Å². The Balaban J connectivity index is 2.04. The third kappa shape index (κ3) is 3.28. The average molecular weight is 258 g/mol. The van der Waals surface area contributed by atoms with Gasteiger partial charge in [0.15, 0.2) is 0 Å². The second-order valence-electron chi connectivity index (χ2n) is 4.02. The molecule has 2 rings (SSSR count). The van der Waals surface area contributed by atoms with Gasteiger partial charge in [0.1, 0.15) is 17.3 Å². The Bertz CT molecular complexity index is 552. The van der Waals surface area contributed by atoms with Gasteiger partial charge in [-0.3, -0.25) is 4.98 Å². The van der Waals surface area contributed by atoms with Gasteiger partial charge in [0.2, 0.25) is 0 Å². The number of rotatable bonds is 4. The van der Waals surface area contributed by atoms with Crippen LogP contribution in [0.15, 0.2) is 42.6 Å². The first-order chi connectivity index (χ1) is 8.65. The molecule has 0 radical (unpaired) electrons. The third-order valence-corrected chi connectivity index (χ3v) is 2.71. The molecule has 0 aliphatic rings. The molecule has 2 aromatic rings. The van der Waals surface area contributed by atoms with Gasteiger partial charge in [0.05, 0.1) is 5.69 Å². The molecule has 0 aliphatic heterocycles. The van der Waals surface area contributed by atoms with Gasteiger partial charge in [0, 0.05) is 6.20 Å². The van der Waals surface area contributed by atoms with E-state index in [1.165, 1.54) is 5.56 Å². The van der Waals surface area contributed by atoms with Crippen molar-refractivity contribution in [2.75, 3.05) is 0 Å². The van der Waals surface area contributed by atoms with E-state index < -0.39 is 0 Å². The quantitative estimate of drug-likeness (QED) is 0.856. The largest absolute Gasteiger partial charge is 0.489 e. The number of benzene rings is 1. The maximum absolute atomic E-state index is 5.67. The average Bonchev–Trinajstić information content (AvgIpc) is 2.38. The molecule has 2 N–H and O–H groups in total. The van der Waals surface area contributed by atoms with Gasteiger partial charge in [-0.05, 0) is 36.8 Å². The molecule has 0 aliphatic carbocycles. The zero-order valence-electron chi connectivity index (χ0n) is 10.1. The lowest BCUT2D eigenvalue weighted by Crippen LogP contribution is -2.12. The summed E-state index contributed by atoms with van der Waals surface area (Å²) in [6.45, 7) is 2.52. The Morgan fingerprint density at radius 2 is 2.00 bits per heavy atom. The Morgan fingerprint density at radius 1 is 1.28 bits per heavy atom. The van der Waals surface area contributed by atoms with E-state index in [2.05, 4.69) is 4.98 Å². The molecule has 0 saturated carbocycles. The molecule has 92 valence electrons. The van der Waals surface area contributed by atoms with E-state index in [4.69, 9.17) is 22.7 Å². The minimum absolute atomic E-state index is 0.298. The molecular weight excluding hydrogens is 244 g/mol. The molecule has 0 spiro atoms. The highest BCUT2D eigenvalue weighted by atomic mass is 32.1. The lowest BCUT2D eigenvalue weighted by atomic mass is 10.2. The van der Waals surface area contributed by atoms with Crippen LogP contribution in [0.4, 0.5) is 0 Å². The van der Waals surface area contributed by atoms with Crippen molar-refractivity contribution in [3.63, 3.8) is 0 Å². The van der Waals surface area contributed by atoms with Crippen LogP contribution in [-0.2, 0) is 6.61 Å². The minimum Gasteiger partial charge on any atom is -0.489 e. The number of nitrogens with two attached hydrogens (primary N) is 1. The van der Waals surface area contributed by atoms with Crippen LogP contribution in [0.2, 0.25) is 0 Å². The molecule has 0 amide bonds. The van der Waals surface area contributed by atoms with E-state index in [0.717, 1.165) is 11.3 Å². The fraction of sp³-hybridized carbons (Fsp3) is 0.143. The molecule has 18 heavy (non-hydrogen) atoms. The van der Waals surface area contributed by atoms with Crippen molar-refractivity contribution >= 4 is 17.2 Å². The summed E-state index contributed by atoms with van der Waals surface area (Å²) in [5.74, 6) is 0.842. The molecule has 1 aromatic carbocycles. The zero-order valence-corrected chi connectivity index (χ0v) is 10.9. The Morgan fingerprint density at radius 3 is 2.67 bits per heavy atom. The van der Waals surface area contributed by atoms with E-state index in [0.29, 0.717) is 17.3 Å². The summed E-state index contributed by atoms with van der Waals surface area (Å²) in [5, 5.41) is 0. The van der Waals surface area contributed by atoms with Crippen molar-refractivity contribution in [3.05, 3.63) is 59.4 Å². The molecule has 0 unspecified atom stereocenters. The molecule has 0 saturated heterocycles. The molecule has 1 aromatic heterocycles. The Hall–Kier alpha value is -1.94. The van der Waals surface area contributed by atoms with Crippen molar-refractivity contribution in [1.29, 1.82) is 0 Å². The van der Waals surface area contributed by atoms with Crippen LogP contribution in [0.5, 0.6) is 5.75 Å². The van der Waals surface area contributed by atoms with Gasteiger partial charge < -0.3 is 10.5 Å². The monoisotopic (exact) mass is 258 g/mol. The molecule has 4 heteroatoms. The summed E-state index contributed by atoms with van der Waals surface area (Å²) >= 11 is 4.89. The zero-order chi connectivity index (χ0) is 13.0. The van der Waals surface area contributed by atoms with Crippen LogP contribution >= 0.6 is 12.2 Å². The van der Waals surface area contributed by atoms with Crippen LogP contribution in [0.25, 0.3) is 0 Å². The van der Waals surface area contributed by atoms with Crippen LogP contribution in [-0.4, -0.2) is 9.97 Å². The lowest BCUT2D eigenvalue weighted by molar-refractivity contribution is 0.306. The Labute approximate surface area is 112 Å². The third-order valence-electron chi connectivity index (χ3n) is 2.50. The number of ether oxygens (including phenoxy) is 1. The van der Waals surface area contributed by atoms with Crippen molar-refractivity contribution < 1.29 is 4.74 Å². The summed E-state index contributed by atoms with van der Waals surface area (Å²) < 4.78 is 5.67. The normalized spacial score (nSPS) is 10.1. The van der Waals surface area contributed by atoms with E-state index in [9.17, 15) is 0 Å². The molecule has 0 fully saturated rings. The highest BCUT2D eigenvalue weighted by molar-refractivity contribution is 7.80. The van der Waals surface area contributed by atoms with E-state index in [1.54, 1.807) is 6.20 Å². The van der Waals surface area contributed by atoms with Gasteiger partial charge in [0.25, 0.3) is 0 Å². The van der Waals surface area contributed by atoms with Crippen LogP contribution in [0, 0.1) is 6.92 Å². The first-order valence-electron chi connectivity index (χ1n) is 5.59. The number of hydrogen-bond acceptors (Lipinski definition) is 3. The second-order valence-corrected chi connectivity index (χ2v) is 4.46. The first-order valence-corrected chi connectivity index (χ1v) is 6.00. The number of thiocarbonyl (C=S) groups is 1. The van der Waals surface area contributed by atoms with Crippen molar-refractivity contribution in [2.45, 2.75) is 13.5 Å². The smallest absolute Gasteiger partial charge is 0.122 e. The maximum Gasteiger partial charge on any atom is 0.122 e. The fourth-order valence-electron chi connectivity index (χ4n) is 1.50. The highest BCUT2D eigenvalue weighted by Gasteiger charge is 2.01. The highest BCUT2D eigenvalue weighted by Crippen LogP contribution is 2.13. The SMILES string of the molecule is Cc1ccc(OCc2ccnc(C(N)=S)c2)cc1. The standard InChI is InChI=1S/C14H14N2OS/c1-10-2-4-12(5-3-10)17-9-11-6-7-16-13(8-11)14(15)18/h2-8H,9H2,1H3,(H2,15,18). The van der Waals surface area contributed by atoms with Gasteiger partial charge in [-0.25, -0.2) is 0 Å². The van der Waals surface area contributed by atoms with Crippen molar-refractivity contribution in [2.24, 2.45) is 5.73 Å². The lowest BCUT2D eigenvalue weighted by Gasteiger charge is -2.07. The summed E-state index contributed by atoms with van der Waals surface area (Å²) in [6.07, 6.45) is 1.68. The van der Waals surface area contributed by atoms with Crippen molar-refractivity contribution in [3.8, 4) is 5.75 Å². The van der Waals surface area contributed by atoms with Gasteiger partial charge in [-0.1, -0.05) is 29.9 Å². The molecule has 0 bridgehead atoms. The number of hydrogen-bond donors (Lipinski definition) is 1. The van der Waals surface area contributed by atoms with Gasteiger partial charge in [-0.2, -0.15) is 0 Å². The van der Waals surface area contributed by atoms with E-state index >= 15 is 0 Å².